The van der Waals surface area contributed by atoms with Gasteiger partial charge < -0.3 is 19.7 Å². The summed E-state index contributed by atoms with van der Waals surface area (Å²) in [7, 11) is 0. The number of hydrogen-bond acceptors (Lipinski definition) is 6. The molecule has 4 atom stereocenters. The first-order valence-electron chi connectivity index (χ1n) is 13.6. The van der Waals surface area contributed by atoms with Gasteiger partial charge in [0, 0.05) is 12.0 Å². The second kappa shape index (κ2) is 11.9. The molecule has 2 aliphatic carbocycles. The Morgan fingerprint density at radius 1 is 1.14 bits per heavy atom. The molecular weight excluding hydrogens is 458 g/mol. The molecule has 0 aromatic carbocycles. The molecule has 2 fully saturated rings. The fourth-order valence-corrected chi connectivity index (χ4v) is 6.67. The molecular formula is C29H41NO6. The van der Waals surface area contributed by atoms with E-state index in [4.69, 9.17) is 4.42 Å². The van der Waals surface area contributed by atoms with Gasteiger partial charge in [0.05, 0.1) is 24.5 Å². The third-order valence-electron chi connectivity index (χ3n) is 8.35. The Kier molecular flexibility index (Phi) is 8.86. The minimum Gasteiger partial charge on any atom is -0.459 e. The van der Waals surface area contributed by atoms with E-state index in [2.05, 4.69) is 6.92 Å². The second-order valence-electron chi connectivity index (χ2n) is 10.8. The number of aliphatic hydroxyl groups is 3. The average molecular weight is 500 g/mol. The molecule has 0 radical (unpaired) electrons. The molecule has 3 N–H and O–H groups in total. The van der Waals surface area contributed by atoms with E-state index >= 15 is 0 Å². The van der Waals surface area contributed by atoms with Crippen molar-refractivity contribution in [2.24, 2.45) is 17.8 Å². The maximum atomic E-state index is 13.5. The van der Waals surface area contributed by atoms with Crippen LogP contribution in [0.25, 0.3) is 6.08 Å². The lowest BCUT2D eigenvalue weighted by Gasteiger charge is -2.35. The number of amides is 2. The van der Waals surface area contributed by atoms with Crippen LogP contribution in [0.1, 0.15) is 89.6 Å². The summed E-state index contributed by atoms with van der Waals surface area (Å²) in [5, 5.41) is 30.9. The van der Waals surface area contributed by atoms with Gasteiger partial charge in [0.2, 0.25) is 11.8 Å². The number of rotatable bonds is 10. The minimum atomic E-state index is -0.792. The zero-order chi connectivity index (χ0) is 25.8. The van der Waals surface area contributed by atoms with E-state index in [-0.39, 0.29) is 31.1 Å². The molecule has 2 amide bonds. The zero-order valence-corrected chi connectivity index (χ0v) is 21.6. The summed E-state index contributed by atoms with van der Waals surface area (Å²) in [5.41, 5.74) is 2.80. The van der Waals surface area contributed by atoms with Crippen LogP contribution < -0.4 is 0 Å². The molecule has 4 rings (SSSR count). The van der Waals surface area contributed by atoms with Crippen LogP contribution in [0, 0.1) is 17.8 Å². The molecule has 198 valence electrons. The largest absolute Gasteiger partial charge is 0.459 e. The van der Waals surface area contributed by atoms with E-state index < -0.39 is 23.9 Å². The highest BCUT2D eigenvalue weighted by Gasteiger charge is 2.55. The van der Waals surface area contributed by atoms with E-state index in [9.17, 15) is 24.9 Å². The van der Waals surface area contributed by atoms with Gasteiger partial charge in [-0.2, -0.15) is 0 Å². The lowest BCUT2D eigenvalue weighted by atomic mass is 9.68. The summed E-state index contributed by atoms with van der Waals surface area (Å²) < 4.78 is 5.61. The van der Waals surface area contributed by atoms with E-state index in [0.29, 0.717) is 30.8 Å². The predicted molar refractivity (Wildman–Crippen MR) is 136 cm³/mol. The molecule has 7 heteroatoms. The van der Waals surface area contributed by atoms with Crippen LogP contribution in [0.4, 0.5) is 0 Å². The highest BCUT2D eigenvalue weighted by atomic mass is 16.4. The maximum Gasteiger partial charge on any atom is 0.234 e. The molecule has 1 aliphatic heterocycles. The molecule has 0 bridgehead atoms. The van der Waals surface area contributed by atoms with Crippen molar-refractivity contribution in [3.63, 3.8) is 0 Å². The summed E-state index contributed by atoms with van der Waals surface area (Å²) in [6, 6.07) is 3.56. The molecule has 1 saturated carbocycles. The number of hydrogen-bond donors (Lipinski definition) is 3. The highest BCUT2D eigenvalue weighted by molar-refractivity contribution is 6.06. The molecule has 0 unspecified atom stereocenters. The average Bonchev–Trinajstić information content (AvgIpc) is 3.43. The quantitative estimate of drug-likeness (QED) is 0.326. The van der Waals surface area contributed by atoms with E-state index in [1.54, 1.807) is 6.07 Å². The number of allylic oxidation sites excluding steroid dienone is 2. The normalized spacial score (nSPS) is 26.6. The summed E-state index contributed by atoms with van der Waals surface area (Å²) in [6.45, 7) is 3.63. The Hall–Kier alpha value is -2.22. The number of fused-ring (bicyclic) bond motifs is 1. The van der Waals surface area contributed by atoms with Crippen LogP contribution in [0.3, 0.4) is 0 Å². The first kappa shape index (κ1) is 26.8. The fraction of sp³-hybridized carbons (Fsp3) is 0.655. The van der Waals surface area contributed by atoms with Crippen molar-refractivity contribution in [2.45, 2.75) is 96.8 Å². The number of carbonyl (C=O) groups excluding carboxylic acids is 2. The van der Waals surface area contributed by atoms with Gasteiger partial charge >= 0.3 is 0 Å². The Morgan fingerprint density at radius 2 is 1.89 bits per heavy atom. The van der Waals surface area contributed by atoms with Crippen molar-refractivity contribution < 1.29 is 29.3 Å². The van der Waals surface area contributed by atoms with Crippen LogP contribution >= 0.6 is 0 Å². The summed E-state index contributed by atoms with van der Waals surface area (Å²) >= 11 is 0. The van der Waals surface area contributed by atoms with Gasteiger partial charge in [-0.15, -0.1) is 0 Å². The van der Waals surface area contributed by atoms with Crippen LogP contribution in [-0.4, -0.2) is 50.8 Å². The maximum absolute atomic E-state index is 13.5. The third-order valence-corrected chi connectivity index (χ3v) is 8.35. The summed E-state index contributed by atoms with van der Waals surface area (Å²) in [5.74, 6) is -0.586. The third kappa shape index (κ3) is 5.38. The zero-order valence-electron chi connectivity index (χ0n) is 21.6. The number of carbonyl (C=O) groups is 2. The monoisotopic (exact) mass is 499 g/mol. The number of imide groups is 1. The standard InChI is InChI=1S/C29H41NO6/c1-3-7-19(15-21-11-12-22(16-31)36-21)10-13-25(33)26-18(2)14-23-27(24(26)17-32)29(35)30(28(23)34)20-8-5-4-6-9-20/h11-12,15,20,23-25,27,31-33H,3-10,13-14,16-17H2,1-2H3/b19-15+/t23-,24+,25-,27-/m1/s1. The van der Waals surface area contributed by atoms with Gasteiger partial charge in [0.25, 0.3) is 0 Å². The highest BCUT2D eigenvalue weighted by Crippen LogP contribution is 2.47. The van der Waals surface area contributed by atoms with Crippen molar-refractivity contribution >= 4 is 17.9 Å². The fourth-order valence-electron chi connectivity index (χ4n) is 6.67. The molecule has 36 heavy (non-hydrogen) atoms. The van der Waals surface area contributed by atoms with Gasteiger partial charge in [0.1, 0.15) is 18.1 Å². The summed E-state index contributed by atoms with van der Waals surface area (Å²) in [4.78, 5) is 28.4. The van der Waals surface area contributed by atoms with E-state index in [1.807, 2.05) is 19.1 Å². The lowest BCUT2D eigenvalue weighted by molar-refractivity contribution is -0.143. The number of aliphatic hydroxyl groups excluding tert-OH is 3. The second-order valence-corrected chi connectivity index (χ2v) is 10.8. The van der Waals surface area contributed by atoms with Gasteiger partial charge in [-0.3, -0.25) is 14.5 Å². The van der Waals surface area contributed by atoms with Gasteiger partial charge in [-0.1, -0.05) is 43.8 Å². The number of likely N-dealkylation sites (tertiary alicyclic amines) is 1. The van der Waals surface area contributed by atoms with Gasteiger partial charge in [0.15, 0.2) is 0 Å². The van der Waals surface area contributed by atoms with Crippen molar-refractivity contribution in [1.82, 2.24) is 4.90 Å². The molecule has 1 aromatic rings. The predicted octanol–water partition coefficient (Wildman–Crippen LogP) is 4.36. The van der Waals surface area contributed by atoms with E-state index in [0.717, 1.165) is 61.7 Å². The van der Waals surface area contributed by atoms with Gasteiger partial charge in [-0.25, -0.2) is 0 Å². The molecule has 2 heterocycles. The Balaban J connectivity index is 1.50. The topological polar surface area (TPSA) is 111 Å². The van der Waals surface area contributed by atoms with Crippen molar-refractivity contribution in [3.8, 4) is 0 Å². The molecule has 7 nitrogen and oxygen atoms in total. The Labute approximate surface area is 213 Å². The summed E-state index contributed by atoms with van der Waals surface area (Å²) in [6.07, 6.45) is 9.52. The van der Waals surface area contributed by atoms with Crippen molar-refractivity contribution in [1.29, 1.82) is 0 Å². The first-order chi connectivity index (χ1) is 17.4. The van der Waals surface area contributed by atoms with Crippen LogP contribution in [0.15, 0.2) is 33.3 Å². The van der Waals surface area contributed by atoms with Crippen LogP contribution in [-0.2, 0) is 16.2 Å². The molecule has 1 aromatic heterocycles. The van der Waals surface area contributed by atoms with Gasteiger partial charge in [-0.05, 0) is 69.2 Å². The smallest absolute Gasteiger partial charge is 0.234 e. The molecule has 1 saturated heterocycles. The van der Waals surface area contributed by atoms with Crippen LogP contribution in [0.5, 0.6) is 0 Å². The Morgan fingerprint density at radius 3 is 2.53 bits per heavy atom. The van der Waals surface area contributed by atoms with Crippen LogP contribution in [0.2, 0.25) is 0 Å². The Bertz CT molecular complexity index is 1000. The van der Waals surface area contributed by atoms with E-state index in [1.165, 1.54) is 4.90 Å². The minimum absolute atomic E-state index is 0.0212. The number of nitrogens with zero attached hydrogens (tertiary/aromatic N) is 1. The first-order valence-corrected chi connectivity index (χ1v) is 13.6. The van der Waals surface area contributed by atoms with Crippen molar-refractivity contribution in [2.75, 3.05) is 6.61 Å². The SMILES string of the molecule is CCC/C(=C\c1ccc(CO)o1)CC[C@@H](O)C1=C(C)C[C@H]2C(=O)N(C3CCCCC3)C(=O)[C@H]2[C@H]1CO. The number of furan rings is 1. The molecule has 0 spiro atoms. The molecule has 3 aliphatic rings. The van der Waals surface area contributed by atoms with Crippen molar-refractivity contribution in [3.05, 3.63) is 40.4 Å². The lowest BCUT2D eigenvalue weighted by Crippen LogP contribution is -2.42.